The first kappa shape index (κ1) is 7.34. The van der Waals surface area contributed by atoms with E-state index < -0.39 is 0 Å². The van der Waals surface area contributed by atoms with Gasteiger partial charge in [-0.15, -0.1) is 0 Å². The molecular weight excluding hydrogens is 152 g/mol. The lowest BCUT2D eigenvalue weighted by molar-refractivity contribution is 0.174. The molecule has 0 N–H and O–H groups in total. The Kier molecular flexibility index (Phi) is 1.15. The second-order valence-electron chi connectivity index (χ2n) is 5.00. The molecule has 2 heterocycles. The van der Waals surface area contributed by atoms with Crippen LogP contribution in [0.4, 0.5) is 0 Å². The molecule has 2 aliphatic heterocycles. The van der Waals surface area contributed by atoms with E-state index in [0.717, 1.165) is 12.5 Å². The van der Waals surface area contributed by atoms with Crippen LogP contribution in [0.25, 0.3) is 0 Å². The molecule has 0 aromatic heterocycles. The SMILES string of the molecule is CC12CC([C@]3(C)CO3)CCC1O2. The molecule has 1 aliphatic carbocycles. The summed E-state index contributed by atoms with van der Waals surface area (Å²) in [7, 11) is 0. The molecule has 3 unspecified atom stereocenters. The van der Waals surface area contributed by atoms with E-state index in [1.165, 1.54) is 19.3 Å². The largest absolute Gasteiger partial charge is 0.370 e. The quantitative estimate of drug-likeness (QED) is 0.557. The van der Waals surface area contributed by atoms with Gasteiger partial charge in [0.15, 0.2) is 0 Å². The van der Waals surface area contributed by atoms with Crippen molar-refractivity contribution in [2.45, 2.75) is 50.4 Å². The summed E-state index contributed by atoms with van der Waals surface area (Å²) in [5.41, 5.74) is 0.456. The van der Waals surface area contributed by atoms with E-state index in [1.807, 2.05) is 0 Å². The topological polar surface area (TPSA) is 25.1 Å². The van der Waals surface area contributed by atoms with Crippen LogP contribution in [0.2, 0.25) is 0 Å². The lowest BCUT2D eigenvalue weighted by Crippen LogP contribution is -2.31. The van der Waals surface area contributed by atoms with Gasteiger partial charge in [0.25, 0.3) is 0 Å². The molecule has 4 atom stereocenters. The first-order valence-corrected chi connectivity index (χ1v) is 4.94. The van der Waals surface area contributed by atoms with E-state index in [0.29, 0.717) is 6.10 Å². The van der Waals surface area contributed by atoms with Gasteiger partial charge in [0, 0.05) is 0 Å². The molecule has 2 heteroatoms. The summed E-state index contributed by atoms with van der Waals surface area (Å²) in [5, 5.41) is 0. The molecule has 68 valence electrons. The third-order valence-electron chi connectivity index (χ3n) is 3.93. The predicted molar refractivity (Wildman–Crippen MR) is 45.0 cm³/mol. The van der Waals surface area contributed by atoms with Gasteiger partial charge < -0.3 is 9.47 Å². The van der Waals surface area contributed by atoms with Gasteiger partial charge in [-0.2, -0.15) is 0 Å². The molecule has 0 spiro atoms. The van der Waals surface area contributed by atoms with Crippen molar-refractivity contribution in [1.82, 2.24) is 0 Å². The Labute approximate surface area is 73.2 Å². The number of hydrogen-bond acceptors (Lipinski definition) is 2. The maximum absolute atomic E-state index is 5.66. The first-order valence-electron chi connectivity index (χ1n) is 4.94. The van der Waals surface area contributed by atoms with Crippen molar-refractivity contribution in [2.75, 3.05) is 6.61 Å². The van der Waals surface area contributed by atoms with Gasteiger partial charge in [0.1, 0.15) is 0 Å². The molecule has 12 heavy (non-hydrogen) atoms. The van der Waals surface area contributed by atoms with Crippen molar-refractivity contribution in [2.24, 2.45) is 5.92 Å². The molecule has 0 aromatic rings. The molecular formula is C10H16O2. The first-order chi connectivity index (χ1) is 5.62. The second-order valence-corrected chi connectivity index (χ2v) is 5.00. The fourth-order valence-electron chi connectivity index (χ4n) is 2.65. The van der Waals surface area contributed by atoms with Crippen LogP contribution in [0.5, 0.6) is 0 Å². The minimum absolute atomic E-state index is 0.222. The Hall–Kier alpha value is -0.0800. The predicted octanol–water partition coefficient (Wildman–Crippen LogP) is 1.73. The molecule has 1 saturated carbocycles. The third kappa shape index (κ3) is 0.882. The minimum atomic E-state index is 0.222. The monoisotopic (exact) mass is 168 g/mol. The average molecular weight is 168 g/mol. The Balaban J connectivity index is 1.74. The van der Waals surface area contributed by atoms with E-state index in [2.05, 4.69) is 13.8 Å². The Bertz CT molecular complexity index is 222. The molecule has 0 radical (unpaired) electrons. The van der Waals surface area contributed by atoms with Gasteiger partial charge in [-0.3, -0.25) is 0 Å². The Morgan fingerprint density at radius 3 is 2.50 bits per heavy atom. The van der Waals surface area contributed by atoms with Crippen molar-refractivity contribution < 1.29 is 9.47 Å². The van der Waals surface area contributed by atoms with Crippen LogP contribution in [0.3, 0.4) is 0 Å². The summed E-state index contributed by atoms with van der Waals surface area (Å²) in [6, 6.07) is 0. The minimum Gasteiger partial charge on any atom is -0.370 e. The highest BCUT2D eigenvalue weighted by atomic mass is 16.6. The second kappa shape index (κ2) is 1.88. The van der Waals surface area contributed by atoms with Crippen molar-refractivity contribution in [3.63, 3.8) is 0 Å². The Morgan fingerprint density at radius 1 is 1.17 bits per heavy atom. The van der Waals surface area contributed by atoms with Crippen LogP contribution in [0.1, 0.15) is 33.1 Å². The third-order valence-corrected chi connectivity index (χ3v) is 3.93. The van der Waals surface area contributed by atoms with Crippen LogP contribution in [-0.2, 0) is 9.47 Å². The highest BCUT2D eigenvalue weighted by molar-refractivity contribution is 5.09. The fraction of sp³-hybridized carbons (Fsp3) is 1.00. The average Bonchev–Trinajstić information content (AvgIpc) is 2.86. The van der Waals surface area contributed by atoms with Crippen LogP contribution >= 0.6 is 0 Å². The molecule has 3 aliphatic rings. The van der Waals surface area contributed by atoms with Crippen LogP contribution in [0.15, 0.2) is 0 Å². The smallest absolute Gasteiger partial charge is 0.0924 e. The van der Waals surface area contributed by atoms with Gasteiger partial charge in [-0.1, -0.05) is 0 Å². The molecule has 3 rings (SSSR count). The van der Waals surface area contributed by atoms with E-state index in [-0.39, 0.29) is 11.2 Å². The maximum atomic E-state index is 5.66. The fourth-order valence-corrected chi connectivity index (χ4v) is 2.65. The van der Waals surface area contributed by atoms with Gasteiger partial charge in [-0.25, -0.2) is 0 Å². The summed E-state index contributed by atoms with van der Waals surface area (Å²) in [4.78, 5) is 0. The highest BCUT2D eigenvalue weighted by Gasteiger charge is 2.60. The Morgan fingerprint density at radius 2 is 1.92 bits per heavy atom. The van der Waals surface area contributed by atoms with Gasteiger partial charge >= 0.3 is 0 Å². The molecule has 2 saturated heterocycles. The number of ether oxygens (including phenoxy) is 2. The molecule has 2 nitrogen and oxygen atoms in total. The molecule has 3 fully saturated rings. The zero-order chi connectivity index (χ0) is 8.40. The van der Waals surface area contributed by atoms with Crippen LogP contribution < -0.4 is 0 Å². The van der Waals surface area contributed by atoms with E-state index in [4.69, 9.17) is 9.47 Å². The molecule has 0 bridgehead atoms. The molecule has 0 amide bonds. The van der Waals surface area contributed by atoms with E-state index in [1.54, 1.807) is 0 Å². The zero-order valence-electron chi connectivity index (χ0n) is 7.80. The lowest BCUT2D eigenvalue weighted by Gasteiger charge is -2.26. The van der Waals surface area contributed by atoms with Gasteiger partial charge in [0.05, 0.1) is 23.9 Å². The van der Waals surface area contributed by atoms with E-state index >= 15 is 0 Å². The number of hydrogen-bond donors (Lipinski definition) is 0. The highest BCUT2D eigenvalue weighted by Crippen LogP contribution is 2.54. The van der Waals surface area contributed by atoms with Gasteiger partial charge in [-0.05, 0) is 39.0 Å². The molecule has 0 aromatic carbocycles. The summed E-state index contributed by atoms with van der Waals surface area (Å²) in [5.74, 6) is 0.751. The van der Waals surface area contributed by atoms with Crippen LogP contribution in [-0.4, -0.2) is 23.9 Å². The van der Waals surface area contributed by atoms with Crippen molar-refractivity contribution in [1.29, 1.82) is 0 Å². The number of epoxide rings is 2. The summed E-state index contributed by atoms with van der Waals surface area (Å²) in [6.07, 6.45) is 4.35. The number of rotatable bonds is 1. The van der Waals surface area contributed by atoms with Crippen molar-refractivity contribution in [3.05, 3.63) is 0 Å². The summed E-state index contributed by atoms with van der Waals surface area (Å²) >= 11 is 0. The maximum Gasteiger partial charge on any atom is 0.0924 e. The normalized spacial score (nSPS) is 62.5. The van der Waals surface area contributed by atoms with Crippen molar-refractivity contribution in [3.8, 4) is 0 Å². The zero-order valence-corrected chi connectivity index (χ0v) is 7.80. The van der Waals surface area contributed by atoms with Crippen LogP contribution in [0, 0.1) is 5.92 Å². The number of fused-ring (bicyclic) bond motifs is 1. The van der Waals surface area contributed by atoms with Gasteiger partial charge in [0.2, 0.25) is 0 Å². The summed E-state index contributed by atoms with van der Waals surface area (Å²) < 4.78 is 11.2. The summed E-state index contributed by atoms with van der Waals surface area (Å²) in [6.45, 7) is 5.46. The lowest BCUT2D eigenvalue weighted by atomic mass is 9.76. The van der Waals surface area contributed by atoms with E-state index in [9.17, 15) is 0 Å². The van der Waals surface area contributed by atoms with Crippen molar-refractivity contribution >= 4 is 0 Å². The standard InChI is InChI=1S/C10H16O2/c1-9-5-7(10(2)6-11-10)3-4-8(9)12-9/h7-8H,3-6H2,1-2H3/t7?,8?,9?,10-/m0/s1.